The second-order valence-electron chi connectivity index (χ2n) is 2.85. The van der Waals surface area contributed by atoms with Crippen LogP contribution in [-0.2, 0) is 0 Å². The van der Waals surface area contributed by atoms with Crippen molar-refractivity contribution >= 4 is 0 Å². The molecule has 1 aliphatic carbocycles. The fraction of sp³-hybridized carbons (Fsp3) is 0.200. The molecule has 2 aliphatic rings. The molecule has 0 atom stereocenters. The molecule has 1 aliphatic heterocycles. The van der Waals surface area contributed by atoms with Crippen molar-refractivity contribution in [2.24, 2.45) is 0 Å². The van der Waals surface area contributed by atoms with Gasteiger partial charge in [-0.1, -0.05) is 24.8 Å². The summed E-state index contributed by atoms with van der Waals surface area (Å²) in [7, 11) is 0. The van der Waals surface area contributed by atoms with E-state index in [1.54, 1.807) is 0 Å². The number of hydrogen-bond donors (Lipinski definition) is 1. The topological polar surface area (TPSA) is 12.0 Å². The number of allylic oxidation sites excluding steroid dienone is 5. The fourth-order valence-electron chi connectivity index (χ4n) is 1.44. The molecule has 0 amide bonds. The third-order valence-corrected chi connectivity index (χ3v) is 2.05. The molecule has 0 aromatic carbocycles. The largest absolute Gasteiger partial charge is 0.365 e. The van der Waals surface area contributed by atoms with Gasteiger partial charge in [0.25, 0.3) is 0 Å². The van der Waals surface area contributed by atoms with Crippen LogP contribution in [0.1, 0.15) is 12.8 Å². The third kappa shape index (κ3) is 1.03. The number of rotatable bonds is 0. The van der Waals surface area contributed by atoms with Gasteiger partial charge in [0.05, 0.1) is 0 Å². The molecule has 1 heteroatoms. The summed E-state index contributed by atoms with van der Waals surface area (Å²) in [5.41, 5.74) is 3.81. The lowest BCUT2D eigenvalue weighted by molar-refractivity contribution is 1.00. The van der Waals surface area contributed by atoms with Crippen molar-refractivity contribution in [2.45, 2.75) is 12.8 Å². The molecule has 56 valence electrons. The van der Waals surface area contributed by atoms with Crippen LogP contribution in [0.2, 0.25) is 0 Å². The Labute approximate surface area is 66.8 Å². The lowest BCUT2D eigenvalue weighted by Crippen LogP contribution is -2.02. The second-order valence-corrected chi connectivity index (χ2v) is 2.85. The average molecular weight is 145 g/mol. The van der Waals surface area contributed by atoms with Gasteiger partial charge in [0, 0.05) is 12.1 Å². The minimum Gasteiger partial charge on any atom is -0.365 e. The Morgan fingerprint density at radius 3 is 3.09 bits per heavy atom. The summed E-state index contributed by atoms with van der Waals surface area (Å²) in [4.78, 5) is 0. The molecule has 0 bridgehead atoms. The molecule has 0 spiro atoms. The van der Waals surface area contributed by atoms with Crippen LogP contribution in [-0.4, -0.2) is 0 Å². The normalized spacial score (nSPS) is 21.6. The van der Waals surface area contributed by atoms with Crippen molar-refractivity contribution in [1.29, 1.82) is 0 Å². The van der Waals surface area contributed by atoms with Gasteiger partial charge in [0.2, 0.25) is 0 Å². The van der Waals surface area contributed by atoms with E-state index < -0.39 is 0 Å². The zero-order valence-electron chi connectivity index (χ0n) is 6.43. The molecule has 1 N–H and O–H groups in total. The summed E-state index contributed by atoms with van der Waals surface area (Å²) in [6.07, 6.45) is 10.4. The summed E-state index contributed by atoms with van der Waals surface area (Å²) in [5.74, 6) is 0. The highest BCUT2D eigenvalue weighted by atomic mass is 14.9. The predicted molar refractivity (Wildman–Crippen MR) is 46.8 cm³/mol. The zero-order chi connectivity index (χ0) is 7.68. The van der Waals surface area contributed by atoms with E-state index in [0.29, 0.717) is 0 Å². The van der Waals surface area contributed by atoms with Crippen LogP contribution in [0.3, 0.4) is 0 Å². The average Bonchev–Trinajstić information content (AvgIpc) is 2.40. The molecule has 0 saturated heterocycles. The third-order valence-electron chi connectivity index (χ3n) is 2.05. The van der Waals surface area contributed by atoms with Crippen LogP contribution >= 0.6 is 0 Å². The van der Waals surface area contributed by atoms with Crippen LogP contribution in [0.25, 0.3) is 0 Å². The Kier molecular flexibility index (Phi) is 1.42. The van der Waals surface area contributed by atoms with Crippen LogP contribution in [0.15, 0.2) is 47.9 Å². The van der Waals surface area contributed by atoms with E-state index in [9.17, 15) is 0 Å². The van der Waals surface area contributed by atoms with Gasteiger partial charge >= 0.3 is 0 Å². The SMILES string of the molecule is C=C1CC=CNC2=C1C=CC2. The lowest BCUT2D eigenvalue weighted by Gasteiger charge is -2.03. The standard InChI is InChI=1S/C10H11N/c1-8-4-3-7-11-10-6-2-5-9(8)10/h2-3,5,7,11H,1,4,6H2. The van der Waals surface area contributed by atoms with Gasteiger partial charge in [-0.15, -0.1) is 0 Å². The lowest BCUT2D eigenvalue weighted by atomic mass is 10.1. The maximum absolute atomic E-state index is 4.02. The molecule has 0 saturated carbocycles. The first kappa shape index (κ1) is 6.47. The monoisotopic (exact) mass is 145 g/mol. The Morgan fingerprint density at radius 1 is 1.27 bits per heavy atom. The molecule has 11 heavy (non-hydrogen) atoms. The minimum absolute atomic E-state index is 0.968. The van der Waals surface area contributed by atoms with Crippen molar-refractivity contribution in [3.8, 4) is 0 Å². The van der Waals surface area contributed by atoms with Crippen molar-refractivity contribution in [3.05, 3.63) is 47.9 Å². The molecule has 0 aromatic heterocycles. The first-order chi connectivity index (χ1) is 5.38. The number of nitrogens with one attached hydrogen (secondary N) is 1. The fourth-order valence-corrected chi connectivity index (χ4v) is 1.44. The van der Waals surface area contributed by atoms with Gasteiger partial charge in [-0.2, -0.15) is 0 Å². The highest BCUT2D eigenvalue weighted by Gasteiger charge is 2.11. The maximum atomic E-state index is 4.02. The molecular weight excluding hydrogens is 134 g/mol. The van der Waals surface area contributed by atoms with Gasteiger partial charge in [-0.3, -0.25) is 0 Å². The van der Waals surface area contributed by atoms with Crippen LogP contribution in [0.4, 0.5) is 0 Å². The first-order valence-electron chi connectivity index (χ1n) is 3.87. The summed E-state index contributed by atoms with van der Waals surface area (Å²) in [6, 6.07) is 0. The van der Waals surface area contributed by atoms with E-state index in [2.05, 4.69) is 30.1 Å². The van der Waals surface area contributed by atoms with Gasteiger partial charge in [0.1, 0.15) is 0 Å². The molecule has 0 fully saturated rings. The smallest absolute Gasteiger partial charge is 0.0261 e. The molecule has 0 unspecified atom stereocenters. The van der Waals surface area contributed by atoms with E-state index in [1.807, 2.05) is 6.20 Å². The molecule has 2 rings (SSSR count). The van der Waals surface area contributed by atoms with Crippen molar-refractivity contribution in [2.75, 3.05) is 0 Å². The summed E-state index contributed by atoms with van der Waals surface area (Å²) < 4.78 is 0. The van der Waals surface area contributed by atoms with Gasteiger partial charge in [0.15, 0.2) is 0 Å². The Morgan fingerprint density at radius 2 is 2.18 bits per heavy atom. The Balaban J connectivity index is 2.37. The highest BCUT2D eigenvalue weighted by Crippen LogP contribution is 2.26. The molecule has 1 heterocycles. The molecular formula is C10H11N. The summed E-state index contributed by atoms with van der Waals surface area (Å²) >= 11 is 0. The summed E-state index contributed by atoms with van der Waals surface area (Å²) in [6.45, 7) is 4.02. The van der Waals surface area contributed by atoms with E-state index in [1.165, 1.54) is 16.8 Å². The van der Waals surface area contributed by atoms with E-state index in [-0.39, 0.29) is 0 Å². The second kappa shape index (κ2) is 2.42. The van der Waals surface area contributed by atoms with Crippen molar-refractivity contribution in [3.63, 3.8) is 0 Å². The number of hydrogen-bond acceptors (Lipinski definition) is 1. The minimum atomic E-state index is 0.968. The Hall–Kier alpha value is -1.24. The van der Waals surface area contributed by atoms with E-state index in [4.69, 9.17) is 0 Å². The quantitative estimate of drug-likeness (QED) is 0.551. The van der Waals surface area contributed by atoms with Crippen molar-refractivity contribution in [1.82, 2.24) is 5.32 Å². The van der Waals surface area contributed by atoms with Gasteiger partial charge in [-0.05, 0) is 23.8 Å². The highest BCUT2D eigenvalue weighted by molar-refractivity contribution is 5.48. The van der Waals surface area contributed by atoms with E-state index >= 15 is 0 Å². The van der Waals surface area contributed by atoms with E-state index in [0.717, 1.165) is 12.8 Å². The molecule has 0 aromatic rings. The van der Waals surface area contributed by atoms with Crippen LogP contribution in [0, 0.1) is 0 Å². The maximum Gasteiger partial charge on any atom is 0.0261 e. The zero-order valence-corrected chi connectivity index (χ0v) is 6.43. The van der Waals surface area contributed by atoms with Gasteiger partial charge in [-0.25, -0.2) is 0 Å². The Bertz CT molecular complexity index is 279. The van der Waals surface area contributed by atoms with Crippen LogP contribution in [0.5, 0.6) is 0 Å². The van der Waals surface area contributed by atoms with Crippen molar-refractivity contribution < 1.29 is 0 Å². The molecule has 0 radical (unpaired) electrons. The van der Waals surface area contributed by atoms with Gasteiger partial charge < -0.3 is 5.32 Å². The van der Waals surface area contributed by atoms with Crippen LogP contribution < -0.4 is 5.32 Å². The summed E-state index contributed by atoms with van der Waals surface area (Å²) in [5, 5.41) is 3.25. The predicted octanol–water partition coefficient (Wildman–Crippen LogP) is 2.26. The molecule has 1 nitrogen and oxygen atoms in total. The first-order valence-corrected chi connectivity index (χ1v) is 3.87.